The van der Waals surface area contributed by atoms with Gasteiger partial charge >= 0.3 is 5.97 Å². The van der Waals surface area contributed by atoms with Gasteiger partial charge in [-0.25, -0.2) is 9.78 Å². The number of hydrogen-bond acceptors (Lipinski definition) is 7. The number of nitrogens with one attached hydrogen (secondary N) is 1. The molecule has 164 valence electrons. The predicted molar refractivity (Wildman–Crippen MR) is 114 cm³/mol. The number of fused-ring (bicyclic) bond motifs is 1. The second-order valence-corrected chi connectivity index (χ2v) is 8.16. The van der Waals surface area contributed by atoms with E-state index in [4.69, 9.17) is 13.7 Å². The van der Waals surface area contributed by atoms with Gasteiger partial charge in [0.15, 0.2) is 6.61 Å². The Hall–Kier alpha value is -3.16. The molecule has 0 saturated heterocycles. The molecule has 1 saturated carbocycles. The number of ether oxygens (including phenoxy) is 1. The van der Waals surface area contributed by atoms with Gasteiger partial charge in [-0.3, -0.25) is 4.79 Å². The number of rotatable bonds is 5. The van der Waals surface area contributed by atoms with Gasteiger partial charge in [0, 0.05) is 11.6 Å². The zero-order chi connectivity index (χ0) is 22.0. The summed E-state index contributed by atoms with van der Waals surface area (Å²) in [6.07, 6.45) is 6.57. The number of carbonyl (C=O) groups is 2. The minimum atomic E-state index is -0.617. The molecule has 0 spiro atoms. The molecule has 0 radical (unpaired) electrons. The fourth-order valence-electron chi connectivity index (χ4n) is 4.18. The molecular formula is C23H27N3O5. The third kappa shape index (κ3) is 4.62. The minimum absolute atomic E-state index is 0.153. The fraction of sp³-hybridized carbons (Fsp3) is 0.478. The molecule has 1 N–H and O–H groups in total. The van der Waals surface area contributed by atoms with Crippen molar-refractivity contribution < 1.29 is 23.3 Å². The highest BCUT2D eigenvalue weighted by Gasteiger charge is 2.23. The maximum atomic E-state index is 12.9. The number of nitrogens with zero attached hydrogens (tertiary/aromatic N) is 2. The Morgan fingerprint density at radius 3 is 2.55 bits per heavy atom. The molecule has 0 unspecified atom stereocenters. The van der Waals surface area contributed by atoms with E-state index in [9.17, 15) is 9.59 Å². The van der Waals surface area contributed by atoms with E-state index in [0.717, 1.165) is 37.0 Å². The lowest BCUT2D eigenvalue weighted by Gasteiger charge is -2.16. The first kappa shape index (κ1) is 21.1. The fourth-order valence-corrected chi connectivity index (χ4v) is 4.18. The van der Waals surface area contributed by atoms with Gasteiger partial charge in [-0.15, -0.1) is 0 Å². The van der Waals surface area contributed by atoms with E-state index in [-0.39, 0.29) is 29.8 Å². The monoisotopic (exact) mass is 425 g/mol. The molecule has 3 heterocycles. The van der Waals surface area contributed by atoms with Crippen molar-refractivity contribution in [3.05, 3.63) is 34.9 Å². The molecule has 8 heteroatoms. The van der Waals surface area contributed by atoms with Gasteiger partial charge in [0.25, 0.3) is 11.6 Å². The highest BCUT2D eigenvalue weighted by molar-refractivity contribution is 6.04. The second-order valence-electron chi connectivity index (χ2n) is 8.16. The predicted octanol–water partition coefficient (Wildman–Crippen LogP) is 4.40. The average Bonchev–Trinajstić information content (AvgIpc) is 3.16. The summed E-state index contributed by atoms with van der Waals surface area (Å²) in [6.45, 7) is 5.07. The van der Waals surface area contributed by atoms with Crippen LogP contribution in [0.3, 0.4) is 0 Å². The van der Waals surface area contributed by atoms with Crippen molar-refractivity contribution in [3.8, 4) is 11.3 Å². The third-order valence-corrected chi connectivity index (χ3v) is 5.71. The quantitative estimate of drug-likeness (QED) is 0.477. The zero-order valence-electron chi connectivity index (χ0n) is 18.1. The van der Waals surface area contributed by atoms with E-state index in [2.05, 4.69) is 15.5 Å². The van der Waals surface area contributed by atoms with Crippen LogP contribution in [0, 0.1) is 20.8 Å². The molecule has 3 aromatic heterocycles. The van der Waals surface area contributed by atoms with Crippen molar-refractivity contribution >= 4 is 23.0 Å². The number of esters is 1. The van der Waals surface area contributed by atoms with Gasteiger partial charge in [0.1, 0.15) is 11.5 Å². The van der Waals surface area contributed by atoms with Crippen molar-refractivity contribution in [1.82, 2.24) is 15.5 Å². The summed E-state index contributed by atoms with van der Waals surface area (Å²) in [5.74, 6) is 0.521. The first-order valence-corrected chi connectivity index (χ1v) is 10.7. The molecule has 1 fully saturated rings. The van der Waals surface area contributed by atoms with Gasteiger partial charge in [-0.1, -0.05) is 30.8 Å². The Morgan fingerprint density at radius 2 is 1.87 bits per heavy atom. The number of furan rings is 1. The Labute approximate surface area is 180 Å². The number of carbonyl (C=O) groups excluding carboxylic acids is 2. The first-order chi connectivity index (χ1) is 14.9. The van der Waals surface area contributed by atoms with Gasteiger partial charge in [0.05, 0.1) is 22.3 Å². The Morgan fingerprint density at radius 1 is 1.13 bits per heavy atom. The summed E-state index contributed by atoms with van der Waals surface area (Å²) in [4.78, 5) is 29.7. The first-order valence-electron chi connectivity index (χ1n) is 10.7. The number of aryl methyl sites for hydroxylation is 3. The number of hydrogen-bond donors (Lipinski definition) is 1. The maximum absolute atomic E-state index is 12.9. The van der Waals surface area contributed by atoms with Crippen molar-refractivity contribution in [2.24, 2.45) is 0 Å². The SMILES string of the molecule is Cc1cc(-c2cc(C(=O)OCC(=O)NC3CCCCCC3)c3c(C)noc3n2)c(C)o1. The lowest BCUT2D eigenvalue weighted by molar-refractivity contribution is -0.125. The number of amides is 1. The van der Waals surface area contributed by atoms with Crippen LogP contribution < -0.4 is 5.32 Å². The van der Waals surface area contributed by atoms with E-state index >= 15 is 0 Å². The zero-order valence-corrected chi connectivity index (χ0v) is 18.1. The van der Waals surface area contributed by atoms with E-state index in [0.29, 0.717) is 22.5 Å². The molecule has 31 heavy (non-hydrogen) atoms. The van der Waals surface area contributed by atoms with Crippen molar-refractivity contribution in [2.75, 3.05) is 6.61 Å². The maximum Gasteiger partial charge on any atom is 0.339 e. The molecule has 0 aliphatic heterocycles. The summed E-state index contributed by atoms with van der Waals surface area (Å²) in [7, 11) is 0. The smallest absolute Gasteiger partial charge is 0.339 e. The molecule has 1 amide bonds. The average molecular weight is 425 g/mol. The normalized spacial score (nSPS) is 15.1. The van der Waals surface area contributed by atoms with Crippen LogP contribution in [-0.4, -0.2) is 34.7 Å². The van der Waals surface area contributed by atoms with Crippen LogP contribution in [0.25, 0.3) is 22.4 Å². The lowest BCUT2D eigenvalue weighted by Crippen LogP contribution is -2.37. The van der Waals surface area contributed by atoms with Crippen molar-refractivity contribution in [3.63, 3.8) is 0 Å². The third-order valence-electron chi connectivity index (χ3n) is 5.71. The highest BCUT2D eigenvalue weighted by Crippen LogP contribution is 2.30. The Balaban J connectivity index is 1.53. The van der Waals surface area contributed by atoms with Crippen LogP contribution in [0.1, 0.15) is 66.1 Å². The summed E-state index contributed by atoms with van der Waals surface area (Å²) >= 11 is 0. The summed E-state index contributed by atoms with van der Waals surface area (Å²) in [6, 6.07) is 3.64. The van der Waals surface area contributed by atoms with Crippen molar-refractivity contribution in [2.45, 2.75) is 65.3 Å². The standard InChI is InChI=1S/C23H27N3O5/c1-13-10-17(15(3)30-13)19-11-18(21-14(2)26-31-22(21)25-19)23(28)29-12-20(27)24-16-8-6-4-5-7-9-16/h10-11,16H,4-9,12H2,1-3H3,(H,24,27). The minimum Gasteiger partial charge on any atom is -0.466 e. The Kier molecular flexibility index (Phi) is 6.06. The molecule has 0 bridgehead atoms. The number of pyridine rings is 1. The summed E-state index contributed by atoms with van der Waals surface area (Å²) < 4.78 is 16.2. The molecule has 1 aliphatic rings. The van der Waals surface area contributed by atoms with E-state index in [1.807, 2.05) is 19.9 Å². The molecule has 1 aliphatic carbocycles. The summed E-state index contributed by atoms with van der Waals surface area (Å²) in [5.41, 5.74) is 2.31. The Bertz CT molecular complexity index is 1110. The topological polar surface area (TPSA) is 107 Å². The van der Waals surface area contributed by atoms with Crippen LogP contribution >= 0.6 is 0 Å². The highest BCUT2D eigenvalue weighted by atomic mass is 16.5. The van der Waals surface area contributed by atoms with Gasteiger partial charge in [-0.2, -0.15) is 0 Å². The molecule has 0 aromatic carbocycles. The van der Waals surface area contributed by atoms with Crippen LogP contribution in [-0.2, 0) is 9.53 Å². The van der Waals surface area contributed by atoms with Gasteiger partial charge < -0.3 is 19.0 Å². The largest absolute Gasteiger partial charge is 0.466 e. The molecule has 0 atom stereocenters. The molecular weight excluding hydrogens is 398 g/mol. The lowest BCUT2D eigenvalue weighted by atomic mass is 10.1. The molecule has 4 rings (SSSR count). The van der Waals surface area contributed by atoms with E-state index < -0.39 is 5.97 Å². The van der Waals surface area contributed by atoms with Gasteiger partial charge in [0.2, 0.25) is 0 Å². The van der Waals surface area contributed by atoms with Crippen molar-refractivity contribution in [1.29, 1.82) is 0 Å². The van der Waals surface area contributed by atoms with E-state index in [1.54, 1.807) is 13.0 Å². The van der Waals surface area contributed by atoms with Gasteiger partial charge in [-0.05, 0) is 45.7 Å². The second kappa shape index (κ2) is 8.91. The van der Waals surface area contributed by atoms with Crippen LogP contribution in [0.4, 0.5) is 0 Å². The van der Waals surface area contributed by atoms with E-state index in [1.165, 1.54) is 12.8 Å². The van der Waals surface area contributed by atoms with Crippen LogP contribution in [0.5, 0.6) is 0 Å². The van der Waals surface area contributed by atoms with Crippen LogP contribution in [0.2, 0.25) is 0 Å². The number of aromatic nitrogens is 2. The molecule has 8 nitrogen and oxygen atoms in total. The summed E-state index contributed by atoms with van der Waals surface area (Å²) in [5, 5.41) is 7.40. The molecule has 3 aromatic rings. The van der Waals surface area contributed by atoms with Crippen LogP contribution in [0.15, 0.2) is 21.1 Å².